The van der Waals surface area contributed by atoms with E-state index in [1.807, 2.05) is 49.5 Å². The summed E-state index contributed by atoms with van der Waals surface area (Å²) < 4.78 is 18.1. The van der Waals surface area contributed by atoms with E-state index in [1.165, 1.54) is 30.4 Å². The smallest absolute Gasteiger partial charge is 0.403 e. The van der Waals surface area contributed by atoms with Crippen molar-refractivity contribution in [3.63, 3.8) is 0 Å². The fourth-order valence-electron chi connectivity index (χ4n) is 4.55. The summed E-state index contributed by atoms with van der Waals surface area (Å²) in [5.41, 5.74) is 3.89. The number of nitrogens with zero attached hydrogens (tertiary/aromatic N) is 10. The normalized spacial score (nSPS) is 11.7. The number of methoxy groups -OCH3 is 2. The molecule has 12 nitrogen and oxygen atoms in total. The minimum Gasteiger partial charge on any atom is -0.494 e. The summed E-state index contributed by atoms with van der Waals surface area (Å²) in [6, 6.07) is 12.3. The maximum absolute atomic E-state index is 5.57. The second-order valence-corrected chi connectivity index (χ2v) is 10.0. The standard InChI is InChI=1S/C29H40N10O2/c1-36-20-30-38(3)28(36)34-32-24-16-14-22(18-26(24)40-5)12-10-8-7-9-11-13-23-15-17-25(27(19-23)41-6)33-35-29-37(2)21-31-39(29)4/h14-21H,7-13H2,1-6H3/q+2. The molecule has 216 valence electrons. The Morgan fingerprint density at radius 3 is 1.41 bits per heavy atom. The quantitative estimate of drug-likeness (QED) is 0.117. The van der Waals surface area contributed by atoms with Crippen molar-refractivity contribution in [1.82, 2.24) is 19.6 Å². The number of benzene rings is 2. The molecular formula is C29H40N10O2+2. The molecule has 0 spiro atoms. The Kier molecular flexibility index (Phi) is 10.2. The van der Waals surface area contributed by atoms with Gasteiger partial charge in [-0.3, -0.25) is 0 Å². The van der Waals surface area contributed by atoms with E-state index in [0.29, 0.717) is 23.3 Å². The maximum atomic E-state index is 5.57. The summed E-state index contributed by atoms with van der Waals surface area (Å²) in [5.74, 6) is 2.77. The van der Waals surface area contributed by atoms with Crippen LogP contribution in [0.1, 0.15) is 43.2 Å². The van der Waals surface area contributed by atoms with Crippen LogP contribution in [0, 0.1) is 0 Å². The average molecular weight is 561 g/mol. The van der Waals surface area contributed by atoms with Crippen molar-refractivity contribution < 1.29 is 18.6 Å². The average Bonchev–Trinajstić information content (AvgIpc) is 3.48. The van der Waals surface area contributed by atoms with Gasteiger partial charge in [0.15, 0.2) is 0 Å². The van der Waals surface area contributed by atoms with E-state index < -0.39 is 0 Å². The van der Waals surface area contributed by atoms with Gasteiger partial charge in [0.25, 0.3) is 0 Å². The number of ether oxygens (including phenoxy) is 2. The highest BCUT2D eigenvalue weighted by Crippen LogP contribution is 2.31. The number of rotatable bonds is 14. The van der Waals surface area contributed by atoms with E-state index in [1.54, 1.807) is 36.2 Å². The van der Waals surface area contributed by atoms with Gasteiger partial charge in [-0.1, -0.05) is 41.6 Å². The first-order valence-corrected chi connectivity index (χ1v) is 13.8. The van der Waals surface area contributed by atoms with Crippen LogP contribution in [0.15, 0.2) is 69.5 Å². The molecule has 4 aromatic rings. The first-order valence-electron chi connectivity index (χ1n) is 13.8. The number of hydrogen-bond acceptors (Lipinski definition) is 8. The zero-order valence-electron chi connectivity index (χ0n) is 24.9. The predicted octanol–water partition coefficient (Wildman–Crippen LogP) is 5.39. The van der Waals surface area contributed by atoms with Crippen molar-refractivity contribution in [2.75, 3.05) is 14.2 Å². The Morgan fingerprint density at radius 2 is 1.05 bits per heavy atom. The molecule has 0 unspecified atom stereocenters. The zero-order valence-corrected chi connectivity index (χ0v) is 24.9. The molecule has 0 aliphatic carbocycles. The third-order valence-electron chi connectivity index (χ3n) is 6.92. The van der Waals surface area contributed by atoms with Crippen LogP contribution in [0.2, 0.25) is 0 Å². The van der Waals surface area contributed by atoms with Crippen LogP contribution in [0.5, 0.6) is 11.5 Å². The molecule has 0 saturated heterocycles. The third kappa shape index (κ3) is 7.80. The number of aryl methyl sites for hydroxylation is 6. The van der Waals surface area contributed by atoms with Gasteiger partial charge in [-0.15, -0.1) is 9.36 Å². The van der Waals surface area contributed by atoms with Crippen molar-refractivity contribution in [2.24, 2.45) is 48.6 Å². The zero-order chi connectivity index (χ0) is 29.2. The molecule has 0 bridgehead atoms. The van der Waals surface area contributed by atoms with Gasteiger partial charge >= 0.3 is 11.9 Å². The van der Waals surface area contributed by atoms with Crippen molar-refractivity contribution in [1.29, 1.82) is 0 Å². The minimum atomic E-state index is 0.657. The molecule has 0 atom stereocenters. The van der Waals surface area contributed by atoms with Gasteiger partial charge in [0.1, 0.15) is 22.9 Å². The first-order chi connectivity index (χ1) is 19.9. The summed E-state index contributed by atoms with van der Waals surface area (Å²) in [7, 11) is 10.8. The number of aromatic nitrogens is 6. The molecular weight excluding hydrogens is 520 g/mol. The molecule has 0 fully saturated rings. The molecule has 0 N–H and O–H groups in total. The molecule has 0 saturated carbocycles. The van der Waals surface area contributed by atoms with E-state index >= 15 is 0 Å². The SMILES string of the molecule is COc1cc(CCCCCCCc2ccc(N=Nc3n(C)nc[n+]3C)c(OC)c2)ccc1N=Nc1n(C)nc[n+]1C. The monoisotopic (exact) mass is 560 g/mol. The highest BCUT2D eigenvalue weighted by Gasteiger charge is 2.14. The van der Waals surface area contributed by atoms with Gasteiger partial charge in [0.05, 0.1) is 42.4 Å². The van der Waals surface area contributed by atoms with Gasteiger partial charge in [-0.2, -0.15) is 0 Å². The summed E-state index contributed by atoms with van der Waals surface area (Å²) in [4.78, 5) is 0. The molecule has 12 heteroatoms. The summed E-state index contributed by atoms with van der Waals surface area (Å²) in [6.45, 7) is 0. The predicted molar refractivity (Wildman–Crippen MR) is 154 cm³/mol. The van der Waals surface area contributed by atoms with Crippen LogP contribution in [0.25, 0.3) is 0 Å². The lowest BCUT2D eigenvalue weighted by Crippen LogP contribution is -2.25. The minimum absolute atomic E-state index is 0.657. The molecule has 0 amide bonds. The van der Waals surface area contributed by atoms with Crippen molar-refractivity contribution in [2.45, 2.75) is 44.9 Å². The molecule has 0 aliphatic rings. The fraction of sp³-hybridized carbons (Fsp3) is 0.448. The Balaban J connectivity index is 1.20. The van der Waals surface area contributed by atoms with Gasteiger partial charge in [-0.25, -0.2) is 9.13 Å². The fourth-order valence-corrected chi connectivity index (χ4v) is 4.55. The van der Waals surface area contributed by atoms with Crippen LogP contribution in [-0.4, -0.2) is 33.8 Å². The molecule has 2 heterocycles. The van der Waals surface area contributed by atoms with Crippen LogP contribution in [-0.2, 0) is 41.0 Å². The third-order valence-corrected chi connectivity index (χ3v) is 6.92. The Bertz CT molecular complexity index is 1350. The summed E-state index contributed by atoms with van der Waals surface area (Å²) in [6.07, 6.45) is 11.3. The Labute approximate surface area is 241 Å². The Hall–Kier alpha value is -4.48. The summed E-state index contributed by atoms with van der Waals surface area (Å²) >= 11 is 0. The number of azo groups is 2. The second-order valence-electron chi connectivity index (χ2n) is 10.0. The lowest BCUT2D eigenvalue weighted by molar-refractivity contribution is -0.659. The van der Waals surface area contributed by atoms with Crippen molar-refractivity contribution >= 4 is 23.3 Å². The molecule has 0 radical (unpaired) electrons. The maximum Gasteiger partial charge on any atom is 0.403 e. The largest absolute Gasteiger partial charge is 0.494 e. The molecule has 2 aromatic carbocycles. The van der Waals surface area contributed by atoms with Crippen molar-refractivity contribution in [3.8, 4) is 11.5 Å². The van der Waals surface area contributed by atoms with Crippen LogP contribution < -0.4 is 18.6 Å². The van der Waals surface area contributed by atoms with Gasteiger partial charge in [0, 0.05) is 10.2 Å². The lowest BCUT2D eigenvalue weighted by Gasteiger charge is -2.08. The van der Waals surface area contributed by atoms with E-state index in [2.05, 4.69) is 54.9 Å². The van der Waals surface area contributed by atoms with Crippen LogP contribution >= 0.6 is 0 Å². The number of hydrogen-bond donors (Lipinski definition) is 0. The van der Waals surface area contributed by atoms with Crippen LogP contribution in [0.4, 0.5) is 23.3 Å². The van der Waals surface area contributed by atoms with E-state index in [0.717, 1.165) is 37.2 Å². The van der Waals surface area contributed by atoms with Gasteiger partial charge in [0.2, 0.25) is 12.7 Å². The van der Waals surface area contributed by atoms with Crippen LogP contribution in [0.3, 0.4) is 0 Å². The highest BCUT2D eigenvalue weighted by molar-refractivity contribution is 5.54. The summed E-state index contributed by atoms with van der Waals surface area (Å²) in [5, 5.41) is 25.7. The molecule has 4 rings (SSSR count). The first kappa shape index (κ1) is 29.5. The lowest BCUT2D eigenvalue weighted by atomic mass is 10.0. The topological polar surface area (TPSA) is 111 Å². The van der Waals surface area contributed by atoms with Gasteiger partial charge < -0.3 is 9.47 Å². The molecule has 41 heavy (non-hydrogen) atoms. The second kappa shape index (κ2) is 14.2. The molecule has 2 aromatic heterocycles. The van der Waals surface area contributed by atoms with Crippen molar-refractivity contribution in [3.05, 3.63) is 60.2 Å². The van der Waals surface area contributed by atoms with E-state index in [-0.39, 0.29) is 0 Å². The highest BCUT2D eigenvalue weighted by atomic mass is 16.5. The molecule has 0 aliphatic heterocycles. The number of unbranched alkanes of at least 4 members (excludes halogenated alkanes) is 4. The van der Waals surface area contributed by atoms with E-state index in [9.17, 15) is 0 Å². The van der Waals surface area contributed by atoms with E-state index in [4.69, 9.17) is 9.47 Å². The van der Waals surface area contributed by atoms with Gasteiger partial charge in [-0.05, 0) is 71.3 Å². The Morgan fingerprint density at radius 1 is 0.634 bits per heavy atom.